The van der Waals surface area contributed by atoms with Crippen LogP contribution in [0.3, 0.4) is 0 Å². The number of hydrogen-bond donors (Lipinski definition) is 0. The van der Waals surface area contributed by atoms with Gasteiger partial charge in [-0.1, -0.05) is 72.8 Å². The van der Waals surface area contributed by atoms with Gasteiger partial charge in [0, 0.05) is 51.3 Å². The minimum absolute atomic E-state index is 0.0686. The molecule has 3 aromatic rings. The lowest BCUT2D eigenvalue weighted by Gasteiger charge is -2.35. The van der Waals surface area contributed by atoms with E-state index in [2.05, 4.69) is 29.2 Å². The third-order valence-electron chi connectivity index (χ3n) is 6.40. The lowest BCUT2D eigenvalue weighted by Crippen LogP contribution is -2.49. The monoisotopic (exact) mass is 473 g/mol. The van der Waals surface area contributed by atoms with Crippen LogP contribution in [0.2, 0.25) is 0 Å². The summed E-state index contributed by atoms with van der Waals surface area (Å²) in [7, 11) is 0. The van der Waals surface area contributed by atoms with Crippen LogP contribution in [-0.2, 0) is 16.0 Å². The minimum atomic E-state index is -0.414. The molecule has 7 heteroatoms. The van der Waals surface area contributed by atoms with Crippen molar-refractivity contribution in [3.05, 3.63) is 112 Å². The van der Waals surface area contributed by atoms with Crippen molar-refractivity contribution in [2.24, 2.45) is 0 Å². The Kier molecular flexibility index (Phi) is 8.59. The van der Waals surface area contributed by atoms with E-state index in [1.165, 1.54) is 12.1 Å². The summed E-state index contributed by atoms with van der Waals surface area (Å²) in [4.78, 5) is 27.3. The quantitative estimate of drug-likeness (QED) is 0.321. The molecule has 0 aromatic heterocycles. The van der Waals surface area contributed by atoms with Gasteiger partial charge in [-0.15, -0.1) is 0 Å². The summed E-state index contributed by atoms with van der Waals surface area (Å²) < 4.78 is 6.34. The fourth-order valence-corrected chi connectivity index (χ4v) is 4.35. The molecule has 1 aliphatic heterocycles. The van der Waals surface area contributed by atoms with Crippen molar-refractivity contribution in [3.63, 3.8) is 0 Å². The molecular formula is C28H31N3O4. The highest BCUT2D eigenvalue weighted by Crippen LogP contribution is 2.25. The SMILES string of the molecule is O=C(CCc1ccc([N+](=O)[O-])cc1)N1CCN(CCOC(c2ccccc2)c2ccccc2)CC1. The number of ether oxygens (including phenoxy) is 1. The summed E-state index contributed by atoms with van der Waals surface area (Å²) in [6, 6.07) is 27.0. The van der Waals surface area contributed by atoms with E-state index < -0.39 is 4.92 Å². The summed E-state index contributed by atoms with van der Waals surface area (Å²) in [6.45, 7) is 4.51. The van der Waals surface area contributed by atoms with Crippen molar-refractivity contribution in [2.45, 2.75) is 18.9 Å². The number of carbonyl (C=O) groups excluding carboxylic acids is 1. The number of rotatable bonds is 10. The third-order valence-corrected chi connectivity index (χ3v) is 6.40. The molecule has 7 nitrogen and oxygen atoms in total. The Morgan fingerprint density at radius 3 is 1.97 bits per heavy atom. The molecule has 0 atom stereocenters. The van der Waals surface area contributed by atoms with Gasteiger partial charge in [0.15, 0.2) is 0 Å². The predicted molar refractivity (Wildman–Crippen MR) is 135 cm³/mol. The molecule has 182 valence electrons. The molecule has 0 radical (unpaired) electrons. The van der Waals surface area contributed by atoms with Gasteiger partial charge in [0.05, 0.1) is 11.5 Å². The van der Waals surface area contributed by atoms with Gasteiger partial charge in [-0.05, 0) is 23.1 Å². The van der Waals surface area contributed by atoms with Gasteiger partial charge in [0.1, 0.15) is 6.10 Å². The number of amides is 1. The van der Waals surface area contributed by atoms with Crippen molar-refractivity contribution in [2.75, 3.05) is 39.3 Å². The van der Waals surface area contributed by atoms with E-state index in [1.807, 2.05) is 41.3 Å². The average molecular weight is 474 g/mol. The van der Waals surface area contributed by atoms with E-state index in [0.717, 1.165) is 36.3 Å². The van der Waals surface area contributed by atoms with Crippen LogP contribution in [0.4, 0.5) is 5.69 Å². The van der Waals surface area contributed by atoms with Crippen LogP contribution in [0.5, 0.6) is 0 Å². The number of nitro benzene ring substituents is 1. The van der Waals surface area contributed by atoms with Crippen LogP contribution >= 0.6 is 0 Å². The minimum Gasteiger partial charge on any atom is -0.367 e. The van der Waals surface area contributed by atoms with Crippen molar-refractivity contribution in [1.29, 1.82) is 0 Å². The first-order chi connectivity index (χ1) is 17.1. The van der Waals surface area contributed by atoms with E-state index in [-0.39, 0.29) is 17.7 Å². The Hall–Kier alpha value is -3.55. The average Bonchev–Trinajstić information content (AvgIpc) is 2.91. The smallest absolute Gasteiger partial charge is 0.269 e. The van der Waals surface area contributed by atoms with E-state index in [4.69, 9.17) is 4.74 Å². The van der Waals surface area contributed by atoms with Crippen LogP contribution < -0.4 is 0 Å². The first-order valence-electron chi connectivity index (χ1n) is 12.0. The third kappa shape index (κ3) is 6.97. The summed E-state index contributed by atoms with van der Waals surface area (Å²) in [5.41, 5.74) is 3.29. The van der Waals surface area contributed by atoms with Crippen LogP contribution in [0.15, 0.2) is 84.9 Å². The van der Waals surface area contributed by atoms with Gasteiger partial charge in [0.25, 0.3) is 5.69 Å². The maximum absolute atomic E-state index is 12.6. The summed E-state index contributed by atoms with van der Waals surface area (Å²) in [5, 5.41) is 10.8. The number of hydrogen-bond acceptors (Lipinski definition) is 5. The Labute approximate surface area is 206 Å². The van der Waals surface area contributed by atoms with Crippen molar-refractivity contribution >= 4 is 11.6 Å². The van der Waals surface area contributed by atoms with Gasteiger partial charge in [-0.3, -0.25) is 19.8 Å². The predicted octanol–water partition coefficient (Wildman–Crippen LogP) is 4.48. The number of carbonyl (C=O) groups is 1. The second-order valence-corrected chi connectivity index (χ2v) is 8.72. The van der Waals surface area contributed by atoms with Crippen molar-refractivity contribution < 1.29 is 14.5 Å². The first kappa shape index (κ1) is 24.6. The Morgan fingerprint density at radius 2 is 1.43 bits per heavy atom. The van der Waals surface area contributed by atoms with E-state index in [9.17, 15) is 14.9 Å². The fourth-order valence-electron chi connectivity index (χ4n) is 4.35. The lowest BCUT2D eigenvalue weighted by atomic mass is 10.0. The molecule has 35 heavy (non-hydrogen) atoms. The second kappa shape index (κ2) is 12.2. The van der Waals surface area contributed by atoms with Crippen molar-refractivity contribution in [1.82, 2.24) is 9.80 Å². The molecular weight excluding hydrogens is 442 g/mol. The van der Waals surface area contributed by atoms with Crippen LogP contribution in [0.1, 0.15) is 29.2 Å². The number of piperazine rings is 1. The van der Waals surface area contributed by atoms with Gasteiger partial charge in [0.2, 0.25) is 5.91 Å². The second-order valence-electron chi connectivity index (χ2n) is 8.72. The molecule has 1 saturated heterocycles. The number of benzene rings is 3. The molecule has 0 N–H and O–H groups in total. The number of nitro groups is 1. The van der Waals surface area contributed by atoms with Gasteiger partial charge < -0.3 is 9.64 Å². The number of aryl methyl sites for hydroxylation is 1. The van der Waals surface area contributed by atoms with Gasteiger partial charge in [-0.2, -0.15) is 0 Å². The summed E-state index contributed by atoms with van der Waals surface area (Å²) in [6.07, 6.45) is 0.904. The van der Waals surface area contributed by atoms with Crippen LogP contribution in [0, 0.1) is 10.1 Å². The largest absolute Gasteiger partial charge is 0.367 e. The van der Waals surface area contributed by atoms with Crippen molar-refractivity contribution in [3.8, 4) is 0 Å². The molecule has 1 heterocycles. The molecule has 0 bridgehead atoms. The Balaban J connectivity index is 1.21. The molecule has 1 fully saturated rings. The van der Waals surface area contributed by atoms with E-state index in [0.29, 0.717) is 32.5 Å². The highest BCUT2D eigenvalue weighted by atomic mass is 16.6. The zero-order valence-electron chi connectivity index (χ0n) is 19.8. The normalized spacial score (nSPS) is 14.3. The zero-order valence-corrected chi connectivity index (χ0v) is 19.8. The van der Waals surface area contributed by atoms with Crippen LogP contribution in [0.25, 0.3) is 0 Å². The molecule has 4 rings (SSSR count). The van der Waals surface area contributed by atoms with Crippen LogP contribution in [-0.4, -0.2) is 60.0 Å². The Morgan fingerprint density at radius 1 is 0.857 bits per heavy atom. The molecule has 0 spiro atoms. The zero-order chi connectivity index (χ0) is 24.5. The highest BCUT2D eigenvalue weighted by molar-refractivity contribution is 5.76. The molecule has 1 aliphatic rings. The highest BCUT2D eigenvalue weighted by Gasteiger charge is 2.21. The molecule has 1 amide bonds. The maximum atomic E-state index is 12.6. The number of nitrogens with zero attached hydrogens (tertiary/aromatic N) is 3. The molecule has 0 aliphatic carbocycles. The van der Waals surface area contributed by atoms with Gasteiger partial charge >= 0.3 is 0 Å². The summed E-state index contributed by atoms with van der Waals surface area (Å²) in [5.74, 6) is 0.132. The Bertz CT molecular complexity index is 1040. The fraction of sp³-hybridized carbons (Fsp3) is 0.321. The molecule has 0 unspecified atom stereocenters. The maximum Gasteiger partial charge on any atom is 0.269 e. The van der Waals surface area contributed by atoms with Gasteiger partial charge in [-0.25, -0.2) is 0 Å². The standard InChI is InChI=1S/C28H31N3O4/c32-27(16-13-23-11-14-26(15-12-23)31(33)34)30-19-17-29(18-20-30)21-22-35-28(24-7-3-1-4-8-24)25-9-5-2-6-10-25/h1-12,14-15,28H,13,16-22H2. The molecule has 0 saturated carbocycles. The first-order valence-corrected chi connectivity index (χ1v) is 12.0. The number of non-ortho nitro benzene ring substituents is 1. The lowest BCUT2D eigenvalue weighted by molar-refractivity contribution is -0.384. The van der Waals surface area contributed by atoms with E-state index >= 15 is 0 Å². The van der Waals surface area contributed by atoms with E-state index in [1.54, 1.807) is 12.1 Å². The molecule has 3 aromatic carbocycles. The summed E-state index contributed by atoms with van der Waals surface area (Å²) >= 11 is 0. The topological polar surface area (TPSA) is 75.9 Å².